The maximum absolute atomic E-state index is 11.9. The smallest absolute Gasteiger partial charge is 0.240 e. The summed E-state index contributed by atoms with van der Waals surface area (Å²) in [5.41, 5.74) is 3.92. The standard InChI is InChI=1S/C23H20IN3O3/c24-18-9-11-19(12-10-18)26-22(28)13-14-23(29)27-25-16-17-5-4-8-21(15-17)30-20-6-2-1-3-7-20/h1-12,15-16H,13-14H2,(H,26,28)(H,27,29)/b25-16+. The monoisotopic (exact) mass is 513 g/mol. The largest absolute Gasteiger partial charge is 0.457 e. The third kappa shape index (κ3) is 7.32. The van der Waals surface area contributed by atoms with Gasteiger partial charge >= 0.3 is 0 Å². The van der Waals surface area contributed by atoms with Gasteiger partial charge in [0.1, 0.15) is 11.5 Å². The summed E-state index contributed by atoms with van der Waals surface area (Å²) in [5, 5.41) is 6.71. The van der Waals surface area contributed by atoms with Crippen LogP contribution in [0.15, 0.2) is 84.0 Å². The molecule has 0 atom stereocenters. The molecule has 0 bridgehead atoms. The Morgan fingerprint density at radius 2 is 1.57 bits per heavy atom. The van der Waals surface area contributed by atoms with Crippen LogP contribution < -0.4 is 15.5 Å². The van der Waals surface area contributed by atoms with Crippen LogP contribution in [-0.2, 0) is 9.59 Å². The summed E-state index contributed by atoms with van der Waals surface area (Å²) in [6.45, 7) is 0. The van der Waals surface area contributed by atoms with E-state index in [0.717, 1.165) is 14.9 Å². The fourth-order valence-corrected chi connectivity index (χ4v) is 2.86. The third-order valence-corrected chi connectivity index (χ3v) is 4.67. The maximum atomic E-state index is 11.9. The van der Waals surface area contributed by atoms with E-state index in [4.69, 9.17) is 4.74 Å². The molecular weight excluding hydrogens is 493 g/mol. The number of hydrazone groups is 1. The zero-order valence-corrected chi connectivity index (χ0v) is 18.2. The van der Waals surface area contributed by atoms with Gasteiger partial charge in [-0.3, -0.25) is 9.59 Å². The average molecular weight is 513 g/mol. The molecule has 3 rings (SSSR count). The first-order chi connectivity index (χ1) is 14.6. The lowest BCUT2D eigenvalue weighted by molar-refractivity contribution is -0.124. The van der Waals surface area contributed by atoms with Crippen molar-refractivity contribution < 1.29 is 14.3 Å². The van der Waals surface area contributed by atoms with E-state index in [2.05, 4.69) is 38.4 Å². The molecular formula is C23H20IN3O3. The van der Waals surface area contributed by atoms with Crippen molar-refractivity contribution in [2.75, 3.05) is 5.32 Å². The fourth-order valence-electron chi connectivity index (χ4n) is 2.50. The van der Waals surface area contributed by atoms with E-state index in [1.165, 1.54) is 6.21 Å². The van der Waals surface area contributed by atoms with Gasteiger partial charge in [0.15, 0.2) is 0 Å². The van der Waals surface area contributed by atoms with Gasteiger partial charge in [-0.15, -0.1) is 0 Å². The summed E-state index contributed by atoms with van der Waals surface area (Å²) in [4.78, 5) is 23.9. The molecule has 0 aromatic heterocycles. The highest BCUT2D eigenvalue weighted by Crippen LogP contribution is 2.21. The van der Waals surface area contributed by atoms with Crippen molar-refractivity contribution in [1.82, 2.24) is 5.43 Å². The van der Waals surface area contributed by atoms with Gasteiger partial charge in [-0.25, -0.2) is 5.43 Å². The second-order valence-corrected chi connectivity index (χ2v) is 7.58. The van der Waals surface area contributed by atoms with E-state index in [-0.39, 0.29) is 24.7 Å². The van der Waals surface area contributed by atoms with Crippen molar-refractivity contribution in [2.24, 2.45) is 5.10 Å². The molecule has 0 radical (unpaired) electrons. The Bertz CT molecular complexity index is 1020. The number of anilines is 1. The van der Waals surface area contributed by atoms with E-state index >= 15 is 0 Å². The van der Waals surface area contributed by atoms with Crippen LogP contribution in [0.4, 0.5) is 5.69 Å². The van der Waals surface area contributed by atoms with Crippen LogP contribution in [0, 0.1) is 3.57 Å². The number of amides is 2. The number of hydrogen-bond donors (Lipinski definition) is 2. The number of nitrogens with one attached hydrogen (secondary N) is 2. The molecule has 0 aliphatic heterocycles. The zero-order valence-electron chi connectivity index (χ0n) is 16.0. The molecule has 0 unspecified atom stereocenters. The summed E-state index contributed by atoms with van der Waals surface area (Å²) in [7, 11) is 0. The quantitative estimate of drug-likeness (QED) is 0.254. The molecule has 0 saturated heterocycles. The van der Waals surface area contributed by atoms with Gasteiger partial charge in [0.05, 0.1) is 6.21 Å². The Labute approximate surface area is 188 Å². The van der Waals surface area contributed by atoms with E-state index < -0.39 is 0 Å². The predicted molar refractivity (Wildman–Crippen MR) is 126 cm³/mol. The van der Waals surface area contributed by atoms with Crippen LogP contribution in [0.1, 0.15) is 18.4 Å². The van der Waals surface area contributed by atoms with Gasteiger partial charge in [0.25, 0.3) is 0 Å². The summed E-state index contributed by atoms with van der Waals surface area (Å²) >= 11 is 2.19. The number of halogens is 1. The van der Waals surface area contributed by atoms with Crippen LogP contribution in [0.25, 0.3) is 0 Å². The average Bonchev–Trinajstić information content (AvgIpc) is 2.75. The van der Waals surface area contributed by atoms with Crippen molar-refractivity contribution in [3.8, 4) is 11.5 Å². The summed E-state index contributed by atoms with van der Waals surface area (Å²) in [6.07, 6.45) is 1.65. The highest BCUT2D eigenvalue weighted by atomic mass is 127. The van der Waals surface area contributed by atoms with Crippen LogP contribution in [0.5, 0.6) is 11.5 Å². The van der Waals surface area contributed by atoms with E-state index in [0.29, 0.717) is 11.4 Å². The number of para-hydroxylation sites is 1. The Balaban J connectivity index is 1.43. The first-order valence-corrected chi connectivity index (χ1v) is 10.4. The second kappa shape index (κ2) is 11.1. The molecule has 2 amide bonds. The minimum absolute atomic E-state index is 0.0463. The van der Waals surface area contributed by atoms with E-state index in [9.17, 15) is 9.59 Å². The van der Waals surface area contributed by atoms with Crippen LogP contribution in [0.3, 0.4) is 0 Å². The van der Waals surface area contributed by atoms with E-state index in [1.54, 1.807) is 0 Å². The lowest BCUT2D eigenvalue weighted by Gasteiger charge is -2.06. The molecule has 2 N–H and O–H groups in total. The summed E-state index contributed by atoms with van der Waals surface area (Å²) < 4.78 is 6.86. The Kier molecular flexibility index (Phi) is 7.96. The number of carbonyl (C=O) groups is 2. The molecule has 0 heterocycles. The maximum Gasteiger partial charge on any atom is 0.240 e. The topological polar surface area (TPSA) is 79.8 Å². The molecule has 0 aliphatic carbocycles. The zero-order chi connectivity index (χ0) is 21.2. The van der Waals surface area contributed by atoms with Gasteiger partial charge in [0.2, 0.25) is 11.8 Å². The number of benzene rings is 3. The van der Waals surface area contributed by atoms with Gasteiger partial charge < -0.3 is 10.1 Å². The number of carbonyl (C=O) groups excluding carboxylic acids is 2. The highest BCUT2D eigenvalue weighted by molar-refractivity contribution is 14.1. The Morgan fingerprint density at radius 1 is 0.867 bits per heavy atom. The second-order valence-electron chi connectivity index (χ2n) is 6.34. The Hall–Kier alpha value is -3.20. The van der Waals surface area contributed by atoms with Gasteiger partial charge in [-0.05, 0) is 76.7 Å². The van der Waals surface area contributed by atoms with Crippen molar-refractivity contribution in [3.63, 3.8) is 0 Å². The molecule has 30 heavy (non-hydrogen) atoms. The predicted octanol–water partition coefficient (Wildman–Crippen LogP) is 4.95. The first kappa shape index (κ1) is 21.5. The third-order valence-electron chi connectivity index (χ3n) is 3.95. The van der Waals surface area contributed by atoms with Gasteiger partial charge in [-0.2, -0.15) is 5.10 Å². The van der Waals surface area contributed by atoms with Crippen LogP contribution >= 0.6 is 22.6 Å². The van der Waals surface area contributed by atoms with Crippen molar-refractivity contribution in [3.05, 3.63) is 88.0 Å². The lowest BCUT2D eigenvalue weighted by atomic mass is 10.2. The SMILES string of the molecule is O=C(CCC(=O)Nc1ccc(I)cc1)N/N=C/c1cccc(Oc2ccccc2)c1. The Morgan fingerprint density at radius 3 is 2.33 bits per heavy atom. The van der Waals surface area contributed by atoms with Crippen LogP contribution in [-0.4, -0.2) is 18.0 Å². The van der Waals surface area contributed by atoms with Crippen LogP contribution in [0.2, 0.25) is 0 Å². The normalized spacial score (nSPS) is 10.6. The van der Waals surface area contributed by atoms with Gasteiger partial charge in [0, 0.05) is 22.1 Å². The number of hydrogen-bond acceptors (Lipinski definition) is 4. The minimum atomic E-state index is -0.333. The number of nitrogens with zero attached hydrogens (tertiary/aromatic N) is 1. The first-order valence-electron chi connectivity index (χ1n) is 9.29. The lowest BCUT2D eigenvalue weighted by Crippen LogP contribution is -2.20. The van der Waals surface area contributed by atoms with Crippen molar-refractivity contribution >= 4 is 46.3 Å². The van der Waals surface area contributed by atoms with Gasteiger partial charge in [-0.1, -0.05) is 30.3 Å². The molecule has 0 spiro atoms. The summed E-state index contributed by atoms with van der Waals surface area (Å²) in [5.74, 6) is 0.856. The van der Waals surface area contributed by atoms with Crippen molar-refractivity contribution in [1.29, 1.82) is 0 Å². The molecule has 7 heteroatoms. The highest BCUT2D eigenvalue weighted by Gasteiger charge is 2.07. The number of ether oxygens (including phenoxy) is 1. The summed E-state index contributed by atoms with van der Waals surface area (Å²) in [6, 6.07) is 24.3. The minimum Gasteiger partial charge on any atom is -0.457 e. The van der Waals surface area contributed by atoms with E-state index in [1.807, 2.05) is 78.9 Å². The molecule has 3 aromatic rings. The molecule has 3 aromatic carbocycles. The molecule has 152 valence electrons. The molecule has 6 nitrogen and oxygen atoms in total. The van der Waals surface area contributed by atoms with Crippen molar-refractivity contribution in [2.45, 2.75) is 12.8 Å². The molecule has 0 fully saturated rings. The number of rotatable bonds is 8. The molecule has 0 aliphatic rings. The molecule has 0 saturated carbocycles. The fraction of sp³-hybridized carbons (Fsp3) is 0.0870.